The third-order valence-corrected chi connectivity index (χ3v) is 3.54. The molecule has 1 aromatic carbocycles. The van der Waals surface area contributed by atoms with Gasteiger partial charge < -0.3 is 0 Å². The molecule has 4 nitrogen and oxygen atoms in total. The Morgan fingerprint density at radius 3 is 1.23 bits per heavy atom. The number of hydrogen-bond donors (Lipinski definition) is 0. The smallest absolute Gasteiger partial charge is 0.218 e. The molecular weight excluding hydrogens is 366 g/mol. The standard InChI is InChI=1S/C14H6Cl4N4/c15-11-5-9(19-13(17)21-11)7-1-2-8(4-3-7)10-6-12(16)22-14(18)20-10/h1-6H. The maximum Gasteiger partial charge on any atom is 0.224 e. The average Bonchev–Trinajstić information content (AvgIpc) is 2.45. The zero-order valence-corrected chi connectivity index (χ0v) is 13.8. The average molecular weight is 372 g/mol. The first-order valence-corrected chi connectivity index (χ1v) is 7.53. The van der Waals surface area contributed by atoms with Gasteiger partial charge in [0.05, 0.1) is 11.4 Å². The second-order valence-electron chi connectivity index (χ2n) is 4.27. The molecule has 0 aliphatic heterocycles. The first kappa shape index (κ1) is 15.4. The summed E-state index contributed by atoms with van der Waals surface area (Å²) >= 11 is 23.4. The van der Waals surface area contributed by atoms with Crippen molar-refractivity contribution >= 4 is 46.4 Å². The fourth-order valence-corrected chi connectivity index (χ4v) is 2.70. The van der Waals surface area contributed by atoms with E-state index in [1.54, 1.807) is 12.1 Å². The molecule has 2 aromatic heterocycles. The highest BCUT2D eigenvalue weighted by atomic mass is 35.5. The summed E-state index contributed by atoms with van der Waals surface area (Å²) in [5, 5.41) is 0.767. The Balaban J connectivity index is 1.98. The van der Waals surface area contributed by atoms with Gasteiger partial charge in [-0.1, -0.05) is 47.5 Å². The van der Waals surface area contributed by atoms with Crippen LogP contribution in [0.3, 0.4) is 0 Å². The van der Waals surface area contributed by atoms with E-state index < -0.39 is 0 Å². The zero-order valence-electron chi connectivity index (χ0n) is 10.8. The van der Waals surface area contributed by atoms with E-state index in [0.717, 1.165) is 11.1 Å². The monoisotopic (exact) mass is 370 g/mol. The fourth-order valence-electron chi connectivity index (χ4n) is 1.89. The van der Waals surface area contributed by atoms with E-state index in [-0.39, 0.29) is 20.9 Å². The number of rotatable bonds is 2. The third-order valence-electron chi connectivity index (χ3n) is 2.81. The summed E-state index contributed by atoms with van der Waals surface area (Å²) in [7, 11) is 0. The van der Waals surface area contributed by atoms with E-state index in [1.807, 2.05) is 24.3 Å². The van der Waals surface area contributed by atoms with Crippen LogP contribution in [0.5, 0.6) is 0 Å². The summed E-state index contributed by atoms with van der Waals surface area (Å²) < 4.78 is 0. The zero-order chi connectivity index (χ0) is 15.7. The first-order valence-electron chi connectivity index (χ1n) is 6.02. The number of halogens is 4. The highest BCUT2D eigenvalue weighted by molar-refractivity contribution is 6.32. The molecule has 3 aromatic rings. The van der Waals surface area contributed by atoms with Gasteiger partial charge in [0.2, 0.25) is 10.6 Å². The predicted molar refractivity (Wildman–Crippen MR) is 88.5 cm³/mol. The van der Waals surface area contributed by atoms with Crippen LogP contribution in [0.4, 0.5) is 0 Å². The lowest BCUT2D eigenvalue weighted by molar-refractivity contribution is 1.17. The summed E-state index contributed by atoms with van der Waals surface area (Å²) in [6.45, 7) is 0. The first-order chi connectivity index (χ1) is 10.5. The molecule has 8 heteroatoms. The van der Waals surface area contributed by atoms with Crippen LogP contribution in [0.15, 0.2) is 36.4 Å². The predicted octanol–water partition coefficient (Wildman–Crippen LogP) is 5.21. The Hall–Kier alpha value is -1.46. The summed E-state index contributed by atoms with van der Waals surface area (Å²) in [6.07, 6.45) is 0. The number of nitrogens with zero attached hydrogens (tertiary/aromatic N) is 4. The number of hydrogen-bond acceptors (Lipinski definition) is 4. The second kappa shape index (κ2) is 6.34. The largest absolute Gasteiger partial charge is 0.224 e. The molecule has 0 bridgehead atoms. The van der Waals surface area contributed by atoms with Crippen LogP contribution in [0.2, 0.25) is 20.9 Å². The molecule has 0 amide bonds. The maximum atomic E-state index is 5.88. The van der Waals surface area contributed by atoms with Crippen LogP contribution in [-0.2, 0) is 0 Å². The fraction of sp³-hybridized carbons (Fsp3) is 0. The van der Waals surface area contributed by atoms with E-state index >= 15 is 0 Å². The lowest BCUT2D eigenvalue weighted by atomic mass is 10.1. The van der Waals surface area contributed by atoms with E-state index in [2.05, 4.69) is 19.9 Å². The van der Waals surface area contributed by atoms with E-state index in [4.69, 9.17) is 46.4 Å². The van der Waals surface area contributed by atoms with Gasteiger partial charge in [0.15, 0.2) is 0 Å². The normalized spacial score (nSPS) is 10.7. The van der Waals surface area contributed by atoms with Crippen LogP contribution >= 0.6 is 46.4 Å². The van der Waals surface area contributed by atoms with Gasteiger partial charge in [-0.05, 0) is 23.2 Å². The van der Waals surface area contributed by atoms with Crippen LogP contribution in [0, 0.1) is 0 Å². The quantitative estimate of drug-likeness (QED) is 0.458. The van der Waals surface area contributed by atoms with Crippen molar-refractivity contribution in [2.75, 3.05) is 0 Å². The summed E-state index contributed by atoms with van der Waals surface area (Å²) in [6, 6.07) is 10.8. The van der Waals surface area contributed by atoms with Crippen LogP contribution in [0.1, 0.15) is 0 Å². The summed E-state index contributed by atoms with van der Waals surface area (Å²) in [5.74, 6) is 0. The van der Waals surface area contributed by atoms with Gasteiger partial charge in [-0.2, -0.15) is 0 Å². The number of benzene rings is 1. The minimum absolute atomic E-state index is 0.0981. The molecule has 0 fully saturated rings. The van der Waals surface area contributed by atoms with Crippen molar-refractivity contribution < 1.29 is 0 Å². The van der Waals surface area contributed by atoms with Crippen LogP contribution < -0.4 is 0 Å². The van der Waals surface area contributed by atoms with E-state index in [1.165, 1.54) is 0 Å². The molecule has 0 N–H and O–H groups in total. The van der Waals surface area contributed by atoms with E-state index in [9.17, 15) is 0 Å². The van der Waals surface area contributed by atoms with Crippen molar-refractivity contribution in [3.63, 3.8) is 0 Å². The SMILES string of the molecule is Clc1cc(-c2ccc(-c3cc(Cl)nc(Cl)n3)cc2)nc(Cl)n1. The minimum atomic E-state index is 0.0981. The molecule has 3 rings (SSSR count). The molecule has 0 saturated heterocycles. The third kappa shape index (κ3) is 3.47. The van der Waals surface area contributed by atoms with E-state index in [0.29, 0.717) is 11.4 Å². The lowest BCUT2D eigenvalue weighted by Crippen LogP contribution is -1.90. The van der Waals surface area contributed by atoms with Crippen molar-refractivity contribution in [3.05, 3.63) is 57.3 Å². The van der Waals surface area contributed by atoms with Crippen molar-refractivity contribution in [1.29, 1.82) is 0 Å². The van der Waals surface area contributed by atoms with Gasteiger partial charge in [0.25, 0.3) is 0 Å². The Labute approximate surface area is 146 Å². The van der Waals surface area contributed by atoms with Gasteiger partial charge >= 0.3 is 0 Å². The van der Waals surface area contributed by atoms with Gasteiger partial charge in [0, 0.05) is 23.3 Å². The topological polar surface area (TPSA) is 51.6 Å². The molecule has 0 atom stereocenters. The summed E-state index contributed by atoms with van der Waals surface area (Å²) in [4.78, 5) is 15.9. The molecule has 0 saturated carbocycles. The molecule has 0 aliphatic rings. The molecule has 0 spiro atoms. The van der Waals surface area contributed by atoms with Crippen molar-refractivity contribution in [2.45, 2.75) is 0 Å². The van der Waals surface area contributed by atoms with Gasteiger partial charge in [0.1, 0.15) is 10.3 Å². The van der Waals surface area contributed by atoms with Crippen molar-refractivity contribution in [1.82, 2.24) is 19.9 Å². The molecular formula is C14H6Cl4N4. The Morgan fingerprint density at radius 2 is 0.909 bits per heavy atom. The lowest BCUT2D eigenvalue weighted by Gasteiger charge is -2.05. The molecule has 0 unspecified atom stereocenters. The van der Waals surface area contributed by atoms with Gasteiger partial charge in [-0.15, -0.1) is 0 Å². The van der Waals surface area contributed by atoms with Crippen LogP contribution in [0.25, 0.3) is 22.5 Å². The summed E-state index contributed by atoms with van der Waals surface area (Å²) in [5.41, 5.74) is 2.97. The molecule has 0 radical (unpaired) electrons. The molecule has 110 valence electrons. The van der Waals surface area contributed by atoms with Gasteiger partial charge in [-0.25, -0.2) is 19.9 Å². The molecule has 0 aliphatic carbocycles. The molecule has 2 heterocycles. The maximum absolute atomic E-state index is 5.88. The highest BCUT2D eigenvalue weighted by Crippen LogP contribution is 2.26. The van der Waals surface area contributed by atoms with Crippen molar-refractivity contribution in [3.8, 4) is 22.5 Å². The molecule has 22 heavy (non-hydrogen) atoms. The number of aromatic nitrogens is 4. The van der Waals surface area contributed by atoms with Crippen LogP contribution in [-0.4, -0.2) is 19.9 Å². The Morgan fingerprint density at radius 1 is 0.545 bits per heavy atom. The highest BCUT2D eigenvalue weighted by Gasteiger charge is 2.07. The second-order valence-corrected chi connectivity index (χ2v) is 5.72. The van der Waals surface area contributed by atoms with Gasteiger partial charge in [-0.3, -0.25) is 0 Å². The minimum Gasteiger partial charge on any atom is -0.218 e. The Bertz CT molecular complexity index is 726. The van der Waals surface area contributed by atoms with Crippen molar-refractivity contribution in [2.24, 2.45) is 0 Å². The Kier molecular flexibility index (Phi) is 4.45.